The van der Waals surface area contributed by atoms with Crippen molar-refractivity contribution in [2.75, 3.05) is 26.7 Å². The minimum atomic E-state index is -4.64. The molecule has 1 unspecified atom stereocenters. The Morgan fingerprint density at radius 1 is 1.22 bits per heavy atom. The van der Waals surface area contributed by atoms with E-state index < -0.39 is 11.7 Å². The highest BCUT2D eigenvalue weighted by atomic mass is 19.4. The third-order valence-corrected chi connectivity index (χ3v) is 7.55. The van der Waals surface area contributed by atoms with Crippen LogP contribution in [0.2, 0.25) is 0 Å². The highest BCUT2D eigenvalue weighted by molar-refractivity contribution is 5.85. The summed E-state index contributed by atoms with van der Waals surface area (Å²) in [6.45, 7) is 6.87. The summed E-state index contributed by atoms with van der Waals surface area (Å²) in [5.41, 5.74) is 0.00966. The maximum atomic E-state index is 14.4. The van der Waals surface area contributed by atoms with Gasteiger partial charge in [-0.1, -0.05) is 26.7 Å². The Morgan fingerprint density at radius 2 is 2.00 bits per heavy atom. The molecule has 1 aromatic carbocycles. The second-order valence-electron chi connectivity index (χ2n) is 9.78. The van der Waals surface area contributed by atoms with Gasteiger partial charge in [-0.3, -0.25) is 4.57 Å². The van der Waals surface area contributed by atoms with Crippen LogP contribution in [-0.4, -0.2) is 55.8 Å². The van der Waals surface area contributed by atoms with Crippen LogP contribution >= 0.6 is 0 Å². The Hall–Kier alpha value is -3.34. The summed E-state index contributed by atoms with van der Waals surface area (Å²) in [5.74, 6) is 0.867. The number of alkyl halides is 3. The Morgan fingerprint density at radius 3 is 2.70 bits per heavy atom. The molecule has 11 heteroatoms. The van der Waals surface area contributed by atoms with Crippen LogP contribution in [-0.2, 0) is 6.18 Å². The highest BCUT2D eigenvalue weighted by Crippen LogP contribution is 2.41. The summed E-state index contributed by atoms with van der Waals surface area (Å²) in [4.78, 5) is 22.3. The first kappa shape index (κ1) is 25.3. The zero-order valence-corrected chi connectivity index (χ0v) is 21.2. The van der Waals surface area contributed by atoms with E-state index in [4.69, 9.17) is 4.74 Å². The molecule has 1 saturated heterocycles. The van der Waals surface area contributed by atoms with E-state index in [1.165, 1.54) is 40.8 Å². The molecule has 1 atom stereocenters. The molecular formula is C26H31F3N6O2. The molecule has 0 aliphatic carbocycles. The van der Waals surface area contributed by atoms with Gasteiger partial charge in [-0.2, -0.15) is 18.3 Å². The zero-order valence-electron chi connectivity index (χ0n) is 21.2. The molecule has 8 nitrogen and oxygen atoms in total. The van der Waals surface area contributed by atoms with Gasteiger partial charge < -0.3 is 14.6 Å². The summed E-state index contributed by atoms with van der Waals surface area (Å²) >= 11 is 0. The molecule has 1 fully saturated rings. The third kappa shape index (κ3) is 4.72. The van der Waals surface area contributed by atoms with Gasteiger partial charge in [0, 0.05) is 24.8 Å². The van der Waals surface area contributed by atoms with Crippen molar-refractivity contribution in [3.8, 4) is 16.9 Å². The van der Waals surface area contributed by atoms with E-state index in [9.17, 15) is 18.0 Å². The van der Waals surface area contributed by atoms with E-state index in [0.29, 0.717) is 29.4 Å². The number of piperidine rings is 1. The monoisotopic (exact) mass is 516 g/mol. The molecule has 4 aromatic rings. The number of nitrogens with zero attached hydrogens (tertiary/aromatic N) is 5. The number of pyridine rings is 1. The second kappa shape index (κ2) is 9.85. The van der Waals surface area contributed by atoms with Crippen LogP contribution < -0.4 is 10.4 Å². The van der Waals surface area contributed by atoms with Crippen molar-refractivity contribution in [3.05, 3.63) is 46.8 Å². The molecule has 0 amide bonds. The number of methoxy groups -OCH3 is 1. The molecule has 0 radical (unpaired) electrons. The number of aromatic nitrogens is 5. The molecule has 1 N–H and O–H groups in total. The van der Waals surface area contributed by atoms with Crippen LogP contribution in [0.5, 0.6) is 5.75 Å². The number of hydrogen-bond acceptors (Lipinski definition) is 5. The lowest BCUT2D eigenvalue weighted by Crippen LogP contribution is -2.41. The number of nitrogens with one attached hydrogen (secondary N) is 1. The van der Waals surface area contributed by atoms with Gasteiger partial charge in [-0.25, -0.2) is 14.3 Å². The molecule has 3 aromatic heterocycles. The molecule has 1 aliphatic heterocycles. The van der Waals surface area contributed by atoms with E-state index in [2.05, 4.69) is 33.8 Å². The highest BCUT2D eigenvalue weighted by Gasteiger charge is 2.36. The summed E-state index contributed by atoms with van der Waals surface area (Å²) < 4.78 is 51.4. The van der Waals surface area contributed by atoms with Gasteiger partial charge in [0.25, 0.3) is 0 Å². The van der Waals surface area contributed by atoms with Crippen molar-refractivity contribution in [1.82, 2.24) is 29.0 Å². The fourth-order valence-corrected chi connectivity index (χ4v) is 5.52. The van der Waals surface area contributed by atoms with E-state index in [1.807, 2.05) is 0 Å². The third-order valence-electron chi connectivity index (χ3n) is 7.55. The number of benzene rings is 1. The van der Waals surface area contributed by atoms with Gasteiger partial charge in [0.2, 0.25) is 0 Å². The molecular weight excluding hydrogens is 485 g/mol. The van der Waals surface area contributed by atoms with E-state index in [0.717, 1.165) is 44.8 Å². The quantitative estimate of drug-likeness (QED) is 0.368. The molecule has 0 saturated carbocycles. The van der Waals surface area contributed by atoms with Crippen LogP contribution in [0, 0.1) is 5.92 Å². The smallest absolute Gasteiger partial charge is 0.417 e. The van der Waals surface area contributed by atoms with Crippen molar-refractivity contribution < 1.29 is 17.9 Å². The SMILES string of the molecule is CCC(CC)CN1CCCC(n2c(=O)[nH]c3cc(-c4cc(OC)c5ncnn5c4)c(C(F)(F)F)cc32)C1. The Bertz CT molecular complexity index is 1470. The van der Waals surface area contributed by atoms with Gasteiger partial charge in [0.15, 0.2) is 11.4 Å². The van der Waals surface area contributed by atoms with Gasteiger partial charge >= 0.3 is 11.9 Å². The Labute approximate surface area is 212 Å². The van der Waals surface area contributed by atoms with Gasteiger partial charge in [0.05, 0.1) is 29.7 Å². The number of hydrogen-bond donors (Lipinski definition) is 1. The van der Waals surface area contributed by atoms with Gasteiger partial charge in [-0.05, 0) is 49.1 Å². The Kier molecular flexibility index (Phi) is 6.74. The first-order chi connectivity index (χ1) is 17.7. The largest absolute Gasteiger partial charge is 0.493 e. The van der Waals surface area contributed by atoms with E-state index >= 15 is 0 Å². The van der Waals surface area contributed by atoms with Crippen LogP contribution in [0.1, 0.15) is 51.1 Å². The number of halogens is 3. The number of aromatic amines is 1. The predicted molar refractivity (Wildman–Crippen MR) is 135 cm³/mol. The lowest BCUT2D eigenvalue weighted by Gasteiger charge is -2.35. The minimum absolute atomic E-state index is 0.0666. The van der Waals surface area contributed by atoms with Crippen LogP contribution in [0.15, 0.2) is 35.5 Å². The minimum Gasteiger partial charge on any atom is -0.493 e. The van der Waals surface area contributed by atoms with Crippen LogP contribution in [0.4, 0.5) is 13.2 Å². The van der Waals surface area contributed by atoms with Crippen molar-refractivity contribution in [1.29, 1.82) is 0 Å². The van der Waals surface area contributed by atoms with Crippen molar-refractivity contribution in [2.24, 2.45) is 5.92 Å². The molecule has 0 spiro atoms. The molecule has 4 heterocycles. The fraction of sp³-hybridized carbons (Fsp3) is 0.500. The van der Waals surface area contributed by atoms with E-state index in [-0.39, 0.29) is 28.4 Å². The lowest BCUT2D eigenvalue weighted by molar-refractivity contribution is -0.137. The summed E-state index contributed by atoms with van der Waals surface area (Å²) in [6.07, 6.45) is 1.94. The molecule has 0 bridgehead atoms. The lowest BCUT2D eigenvalue weighted by atomic mass is 9.98. The fourth-order valence-electron chi connectivity index (χ4n) is 5.52. The van der Waals surface area contributed by atoms with Crippen molar-refractivity contribution in [2.45, 2.75) is 51.7 Å². The number of likely N-dealkylation sites (tertiary alicyclic amines) is 1. The second-order valence-corrected chi connectivity index (χ2v) is 9.78. The maximum absolute atomic E-state index is 14.4. The predicted octanol–water partition coefficient (Wildman–Crippen LogP) is 5.14. The molecule has 37 heavy (non-hydrogen) atoms. The van der Waals surface area contributed by atoms with Gasteiger partial charge in [0.1, 0.15) is 6.33 Å². The number of fused-ring (bicyclic) bond motifs is 2. The standard InChI is InChI=1S/C26H31F3N6O2/c1-4-16(5-2)12-33-8-6-7-18(14-33)35-22-11-20(26(27,28)29)19(10-21(22)32-25(35)36)17-9-23(37-3)24-30-15-31-34(24)13-17/h9-11,13,15-16,18H,4-8,12,14H2,1-3H3,(H,32,36). The number of H-pyrrole nitrogens is 1. The first-order valence-corrected chi connectivity index (χ1v) is 12.7. The normalized spacial score (nSPS) is 17.3. The summed E-state index contributed by atoms with van der Waals surface area (Å²) in [7, 11) is 1.43. The summed E-state index contributed by atoms with van der Waals surface area (Å²) in [6, 6.07) is 3.81. The average molecular weight is 517 g/mol. The average Bonchev–Trinajstić information content (AvgIpc) is 3.48. The molecule has 5 rings (SSSR count). The summed E-state index contributed by atoms with van der Waals surface area (Å²) in [5, 5.41) is 4.06. The maximum Gasteiger partial charge on any atom is 0.417 e. The van der Waals surface area contributed by atoms with Gasteiger partial charge in [-0.15, -0.1) is 0 Å². The first-order valence-electron chi connectivity index (χ1n) is 12.7. The number of ether oxygens (including phenoxy) is 1. The number of imidazole rings is 1. The van der Waals surface area contributed by atoms with E-state index in [1.54, 1.807) is 0 Å². The Balaban J connectivity index is 1.61. The van der Waals surface area contributed by atoms with Crippen LogP contribution in [0.25, 0.3) is 27.8 Å². The molecule has 198 valence electrons. The zero-order chi connectivity index (χ0) is 26.3. The topological polar surface area (TPSA) is 80.5 Å². The van der Waals surface area contributed by atoms with Crippen molar-refractivity contribution in [3.63, 3.8) is 0 Å². The molecule has 1 aliphatic rings. The number of rotatable bonds is 7. The van der Waals surface area contributed by atoms with Crippen LogP contribution in [0.3, 0.4) is 0 Å². The van der Waals surface area contributed by atoms with Crippen molar-refractivity contribution >= 4 is 16.7 Å².